The summed E-state index contributed by atoms with van der Waals surface area (Å²) in [5, 5.41) is 9.79. The summed E-state index contributed by atoms with van der Waals surface area (Å²) in [5.74, 6) is 0.337. The molecule has 1 saturated heterocycles. The second-order valence-electron chi connectivity index (χ2n) is 8.98. The van der Waals surface area contributed by atoms with Crippen molar-refractivity contribution in [1.82, 2.24) is 14.8 Å². The zero-order valence-corrected chi connectivity index (χ0v) is 21.1. The van der Waals surface area contributed by atoms with Crippen molar-refractivity contribution in [3.63, 3.8) is 0 Å². The number of piperazine rings is 1. The first-order chi connectivity index (χ1) is 17.5. The molecule has 0 radical (unpaired) electrons. The van der Waals surface area contributed by atoms with Gasteiger partial charge in [-0.05, 0) is 61.7 Å². The maximum atomic E-state index is 13.0. The van der Waals surface area contributed by atoms with Crippen LogP contribution in [0.1, 0.15) is 36.2 Å². The van der Waals surface area contributed by atoms with Gasteiger partial charge in [-0.2, -0.15) is 0 Å². The van der Waals surface area contributed by atoms with Crippen molar-refractivity contribution in [3.05, 3.63) is 78.1 Å². The smallest absolute Gasteiger partial charge is 0.253 e. The topological polar surface area (TPSA) is 77.0 Å². The Hall–Kier alpha value is -3.87. The Morgan fingerprint density at radius 3 is 2.31 bits per heavy atom. The molecule has 1 N–H and O–H groups in total. The van der Waals surface area contributed by atoms with Gasteiger partial charge in [0.2, 0.25) is 5.91 Å². The maximum absolute atomic E-state index is 13.0. The first-order valence-electron chi connectivity index (χ1n) is 12.6. The number of hydrogen-bond acceptors (Lipinski definition) is 5. The zero-order valence-electron chi connectivity index (χ0n) is 21.1. The zero-order chi connectivity index (χ0) is 25.5. The lowest BCUT2D eigenvalue weighted by atomic mass is 9.97. The van der Waals surface area contributed by atoms with Gasteiger partial charge in [0.15, 0.2) is 0 Å². The Balaban J connectivity index is 1.31. The number of aromatic nitrogens is 1. The quantitative estimate of drug-likeness (QED) is 0.516. The third-order valence-corrected chi connectivity index (χ3v) is 6.82. The van der Waals surface area contributed by atoms with Crippen molar-refractivity contribution in [3.8, 4) is 16.9 Å². The molecule has 7 nitrogen and oxygen atoms in total. The molecule has 0 unspecified atom stereocenters. The second-order valence-corrected chi connectivity index (χ2v) is 8.98. The first kappa shape index (κ1) is 25.2. The summed E-state index contributed by atoms with van der Waals surface area (Å²) in [5.41, 5.74) is 4.68. The van der Waals surface area contributed by atoms with E-state index in [1.165, 1.54) is 6.20 Å². The molecule has 1 aromatic heterocycles. The number of aromatic hydroxyl groups is 1. The maximum Gasteiger partial charge on any atom is 0.253 e. The summed E-state index contributed by atoms with van der Waals surface area (Å²) in [6.07, 6.45) is 4.21. The molecule has 0 aliphatic carbocycles. The highest BCUT2D eigenvalue weighted by Gasteiger charge is 2.22. The number of rotatable bonds is 8. The highest BCUT2D eigenvalue weighted by Crippen LogP contribution is 2.27. The van der Waals surface area contributed by atoms with Crippen LogP contribution >= 0.6 is 0 Å². The summed E-state index contributed by atoms with van der Waals surface area (Å²) < 4.78 is 0. The van der Waals surface area contributed by atoms with E-state index in [2.05, 4.69) is 9.88 Å². The summed E-state index contributed by atoms with van der Waals surface area (Å²) >= 11 is 0. The van der Waals surface area contributed by atoms with Crippen LogP contribution in [0.2, 0.25) is 0 Å². The molecule has 2 amide bonds. The first-order valence-corrected chi connectivity index (χ1v) is 12.6. The Kier molecular flexibility index (Phi) is 8.21. The van der Waals surface area contributed by atoms with Crippen LogP contribution in [0.5, 0.6) is 5.75 Å². The molecule has 7 heteroatoms. The Morgan fingerprint density at radius 2 is 1.64 bits per heavy atom. The molecule has 1 aliphatic heterocycles. The number of carbonyl (C=O) groups is 2. The van der Waals surface area contributed by atoms with Gasteiger partial charge in [-0.3, -0.25) is 14.6 Å². The number of aryl methyl sites for hydroxylation is 1. The van der Waals surface area contributed by atoms with Crippen LogP contribution in [0.15, 0.2) is 67.0 Å². The highest BCUT2D eigenvalue weighted by molar-refractivity contribution is 5.94. The lowest BCUT2D eigenvalue weighted by Crippen LogP contribution is -2.48. The van der Waals surface area contributed by atoms with Crippen molar-refractivity contribution in [2.24, 2.45) is 0 Å². The van der Waals surface area contributed by atoms with Crippen LogP contribution in [-0.2, 0) is 11.2 Å². The molecule has 0 bridgehead atoms. The minimum atomic E-state index is 0.0591. The van der Waals surface area contributed by atoms with Crippen molar-refractivity contribution >= 4 is 17.5 Å². The lowest BCUT2D eigenvalue weighted by molar-refractivity contribution is -0.131. The fourth-order valence-corrected chi connectivity index (χ4v) is 4.72. The van der Waals surface area contributed by atoms with Crippen LogP contribution in [-0.4, -0.2) is 71.0 Å². The fraction of sp³-hybridized carbons (Fsp3) is 0.345. The van der Waals surface area contributed by atoms with Crippen LogP contribution in [0.25, 0.3) is 11.1 Å². The SMILES string of the molecule is CCN(CC)C(=O)c1ccc(N2CCN(C(=O)CCc3ccccc3-c3cncc(O)c3)CC2)cc1. The predicted octanol–water partition coefficient (Wildman–Crippen LogP) is 4.22. The monoisotopic (exact) mass is 486 g/mol. The number of benzene rings is 2. The third-order valence-electron chi connectivity index (χ3n) is 6.82. The normalized spacial score (nSPS) is 13.5. The van der Waals surface area contributed by atoms with E-state index in [1.807, 2.05) is 72.2 Å². The third kappa shape index (κ3) is 5.85. The van der Waals surface area contributed by atoms with Gasteiger partial charge in [-0.25, -0.2) is 0 Å². The van der Waals surface area contributed by atoms with E-state index in [4.69, 9.17) is 0 Å². The average Bonchev–Trinajstić information content (AvgIpc) is 2.92. The largest absolute Gasteiger partial charge is 0.506 e. The minimum Gasteiger partial charge on any atom is -0.506 e. The molecule has 2 heterocycles. The van der Waals surface area contributed by atoms with Gasteiger partial charge in [0.1, 0.15) is 5.75 Å². The van der Waals surface area contributed by atoms with Gasteiger partial charge < -0.3 is 19.8 Å². The summed E-state index contributed by atoms with van der Waals surface area (Å²) in [6.45, 7) is 8.26. The molecule has 1 aliphatic rings. The van der Waals surface area contributed by atoms with Gasteiger partial charge in [-0.1, -0.05) is 24.3 Å². The van der Waals surface area contributed by atoms with E-state index in [-0.39, 0.29) is 17.6 Å². The fourth-order valence-electron chi connectivity index (χ4n) is 4.72. The Morgan fingerprint density at radius 1 is 0.944 bits per heavy atom. The van der Waals surface area contributed by atoms with Gasteiger partial charge in [0.05, 0.1) is 6.20 Å². The summed E-state index contributed by atoms with van der Waals surface area (Å²) in [6, 6.07) is 17.4. The molecule has 2 aromatic carbocycles. The van der Waals surface area contributed by atoms with Gasteiger partial charge >= 0.3 is 0 Å². The molecule has 36 heavy (non-hydrogen) atoms. The van der Waals surface area contributed by atoms with E-state index in [0.717, 1.165) is 35.5 Å². The second kappa shape index (κ2) is 11.7. The molecule has 0 saturated carbocycles. The number of anilines is 1. The Bertz CT molecular complexity index is 1180. The van der Waals surface area contributed by atoms with Crippen molar-refractivity contribution < 1.29 is 14.7 Å². The number of hydrogen-bond donors (Lipinski definition) is 1. The van der Waals surface area contributed by atoms with Gasteiger partial charge in [0.25, 0.3) is 5.91 Å². The molecular weight excluding hydrogens is 452 g/mol. The number of pyridine rings is 1. The average molecular weight is 487 g/mol. The molecule has 4 rings (SSSR count). The van der Waals surface area contributed by atoms with E-state index < -0.39 is 0 Å². The molecule has 188 valence electrons. The number of amides is 2. The molecule has 3 aromatic rings. The van der Waals surface area contributed by atoms with Crippen molar-refractivity contribution in [2.75, 3.05) is 44.2 Å². The number of carbonyl (C=O) groups excluding carboxylic acids is 2. The van der Waals surface area contributed by atoms with Crippen LogP contribution in [0.4, 0.5) is 5.69 Å². The lowest BCUT2D eigenvalue weighted by Gasteiger charge is -2.36. The summed E-state index contributed by atoms with van der Waals surface area (Å²) in [4.78, 5) is 35.6. The number of nitrogens with zero attached hydrogens (tertiary/aromatic N) is 4. The van der Waals surface area contributed by atoms with Crippen LogP contribution in [0, 0.1) is 0 Å². The van der Waals surface area contributed by atoms with Crippen LogP contribution in [0.3, 0.4) is 0 Å². The minimum absolute atomic E-state index is 0.0591. The molecule has 0 atom stereocenters. The van der Waals surface area contributed by atoms with Crippen molar-refractivity contribution in [2.45, 2.75) is 26.7 Å². The van der Waals surface area contributed by atoms with E-state index in [9.17, 15) is 14.7 Å². The van der Waals surface area contributed by atoms with E-state index in [0.29, 0.717) is 44.6 Å². The van der Waals surface area contributed by atoms with E-state index >= 15 is 0 Å². The predicted molar refractivity (Wildman–Crippen MR) is 142 cm³/mol. The molecule has 0 spiro atoms. The molecular formula is C29H34N4O3. The van der Waals surface area contributed by atoms with Crippen LogP contribution < -0.4 is 4.90 Å². The Labute approximate surface area is 213 Å². The van der Waals surface area contributed by atoms with Crippen molar-refractivity contribution in [1.29, 1.82) is 0 Å². The molecule has 1 fully saturated rings. The van der Waals surface area contributed by atoms with E-state index in [1.54, 1.807) is 12.3 Å². The van der Waals surface area contributed by atoms with Gasteiger partial charge in [-0.15, -0.1) is 0 Å². The highest BCUT2D eigenvalue weighted by atomic mass is 16.3. The standard InChI is InChI=1S/C29H34N4O3/c1-3-31(4-2)29(36)23-9-12-25(13-10-23)32-15-17-33(18-16-32)28(35)14-11-22-7-5-6-8-27(22)24-19-26(34)21-30-20-24/h5-10,12-13,19-21,34H,3-4,11,14-18H2,1-2H3. The van der Waals surface area contributed by atoms with Gasteiger partial charge in [0, 0.05) is 68.7 Å². The summed E-state index contributed by atoms with van der Waals surface area (Å²) in [7, 11) is 0.